The van der Waals surface area contributed by atoms with Gasteiger partial charge in [-0.25, -0.2) is 0 Å². The van der Waals surface area contributed by atoms with Crippen LogP contribution in [0.25, 0.3) is 0 Å². The van der Waals surface area contributed by atoms with Crippen LogP contribution in [0.3, 0.4) is 0 Å². The van der Waals surface area contributed by atoms with E-state index in [0.717, 1.165) is 36.0 Å². The van der Waals surface area contributed by atoms with Gasteiger partial charge in [-0.1, -0.05) is 34.1 Å². The third kappa shape index (κ3) is 4.90. The van der Waals surface area contributed by atoms with E-state index in [4.69, 9.17) is 4.74 Å². The zero-order valence-electron chi connectivity index (χ0n) is 15.8. The molecule has 0 aromatic heterocycles. The first-order valence-electron chi connectivity index (χ1n) is 9.08. The average molecular weight is 463 g/mol. The van der Waals surface area contributed by atoms with Gasteiger partial charge in [0.2, 0.25) is 0 Å². The van der Waals surface area contributed by atoms with E-state index in [1.165, 1.54) is 0 Å². The molecule has 0 saturated carbocycles. The van der Waals surface area contributed by atoms with Gasteiger partial charge in [0, 0.05) is 28.2 Å². The van der Waals surface area contributed by atoms with Crippen LogP contribution in [0, 0.1) is 0 Å². The SMILES string of the molecule is C=CCN(C)CCCCOc1ccc2c(c1)S(=O)(=O)N=C2c1ccc(Br)cc1. The first-order chi connectivity index (χ1) is 13.4. The first kappa shape index (κ1) is 20.8. The van der Waals surface area contributed by atoms with Crippen LogP contribution in [0.4, 0.5) is 0 Å². The molecular formula is C21H23BrN2O3S. The normalized spacial score (nSPS) is 14.6. The number of rotatable bonds is 9. The van der Waals surface area contributed by atoms with Crippen LogP contribution in [0.15, 0.2) is 68.9 Å². The molecule has 2 aromatic rings. The third-order valence-corrected chi connectivity index (χ3v) is 6.30. The number of ether oxygens (including phenoxy) is 1. The maximum atomic E-state index is 12.5. The molecule has 0 bridgehead atoms. The smallest absolute Gasteiger partial charge is 0.283 e. The van der Waals surface area contributed by atoms with Crippen LogP contribution in [-0.2, 0) is 10.0 Å². The molecule has 0 saturated heterocycles. The molecule has 0 N–H and O–H groups in total. The van der Waals surface area contributed by atoms with Crippen molar-refractivity contribution in [1.29, 1.82) is 0 Å². The summed E-state index contributed by atoms with van der Waals surface area (Å²) in [6, 6.07) is 12.6. The molecule has 2 aromatic carbocycles. The fourth-order valence-corrected chi connectivity index (χ4v) is 4.54. The Kier molecular flexibility index (Phi) is 6.69. The summed E-state index contributed by atoms with van der Waals surface area (Å²) in [4.78, 5) is 2.39. The van der Waals surface area contributed by atoms with Gasteiger partial charge in [-0.3, -0.25) is 0 Å². The lowest BCUT2D eigenvalue weighted by Gasteiger charge is -2.14. The molecular weight excluding hydrogens is 440 g/mol. The Labute approximate surface area is 174 Å². The van der Waals surface area contributed by atoms with E-state index >= 15 is 0 Å². The summed E-state index contributed by atoms with van der Waals surface area (Å²) >= 11 is 3.39. The number of fused-ring (bicyclic) bond motifs is 1. The Morgan fingerprint density at radius 3 is 2.64 bits per heavy atom. The minimum absolute atomic E-state index is 0.202. The van der Waals surface area contributed by atoms with Gasteiger partial charge in [0.05, 0.1) is 12.3 Å². The van der Waals surface area contributed by atoms with E-state index in [1.54, 1.807) is 18.2 Å². The van der Waals surface area contributed by atoms with Crippen LogP contribution >= 0.6 is 15.9 Å². The van der Waals surface area contributed by atoms with Crippen LogP contribution in [0.1, 0.15) is 24.0 Å². The first-order valence-corrected chi connectivity index (χ1v) is 11.3. The van der Waals surface area contributed by atoms with Crippen molar-refractivity contribution in [3.63, 3.8) is 0 Å². The zero-order valence-corrected chi connectivity index (χ0v) is 18.2. The minimum Gasteiger partial charge on any atom is -0.494 e. The highest BCUT2D eigenvalue weighted by molar-refractivity contribution is 9.10. The van der Waals surface area contributed by atoms with Gasteiger partial charge in [-0.15, -0.1) is 6.58 Å². The standard InChI is InChI=1S/C21H23BrN2O3S/c1-3-12-24(2)13-4-5-14-27-18-10-11-19-20(15-18)28(25,26)23-21(19)16-6-8-17(22)9-7-16/h3,6-11,15H,1,4-5,12-14H2,2H3. The molecule has 0 fully saturated rings. The van der Waals surface area contributed by atoms with Crippen LogP contribution < -0.4 is 4.74 Å². The number of halogens is 1. The van der Waals surface area contributed by atoms with Gasteiger partial charge in [-0.05, 0) is 50.7 Å². The van der Waals surface area contributed by atoms with Crippen molar-refractivity contribution in [3.8, 4) is 5.75 Å². The second kappa shape index (κ2) is 9.03. The number of hydrogen-bond donors (Lipinski definition) is 0. The molecule has 148 valence electrons. The van der Waals surface area contributed by atoms with E-state index in [2.05, 4.69) is 38.9 Å². The van der Waals surface area contributed by atoms with Crippen molar-refractivity contribution in [2.75, 3.05) is 26.7 Å². The Morgan fingerprint density at radius 2 is 1.93 bits per heavy atom. The molecule has 0 amide bonds. The summed E-state index contributed by atoms with van der Waals surface area (Å²) in [6.45, 7) is 6.11. The van der Waals surface area contributed by atoms with Crippen molar-refractivity contribution < 1.29 is 13.2 Å². The highest BCUT2D eigenvalue weighted by Crippen LogP contribution is 2.32. The number of likely N-dealkylation sites (N-methyl/N-ethyl adjacent to an activating group) is 1. The van der Waals surface area contributed by atoms with Gasteiger partial charge >= 0.3 is 0 Å². The lowest BCUT2D eigenvalue weighted by atomic mass is 10.0. The highest BCUT2D eigenvalue weighted by atomic mass is 79.9. The Bertz CT molecular complexity index is 985. The quantitative estimate of drug-likeness (QED) is 0.412. The van der Waals surface area contributed by atoms with Gasteiger partial charge in [0.1, 0.15) is 10.6 Å². The van der Waals surface area contributed by atoms with Gasteiger partial charge in [0.15, 0.2) is 0 Å². The van der Waals surface area contributed by atoms with Gasteiger partial charge in [0.25, 0.3) is 10.0 Å². The molecule has 0 unspecified atom stereocenters. The van der Waals surface area contributed by atoms with E-state index in [-0.39, 0.29) is 4.90 Å². The molecule has 1 aliphatic rings. The lowest BCUT2D eigenvalue weighted by molar-refractivity contribution is 0.287. The maximum absolute atomic E-state index is 12.5. The Morgan fingerprint density at radius 1 is 1.18 bits per heavy atom. The van der Waals surface area contributed by atoms with Crippen LogP contribution in [0.2, 0.25) is 0 Å². The Hall–Kier alpha value is -1.96. The minimum atomic E-state index is -3.71. The summed E-state index contributed by atoms with van der Waals surface area (Å²) in [6.07, 6.45) is 3.78. The van der Waals surface area contributed by atoms with E-state index in [9.17, 15) is 8.42 Å². The summed E-state index contributed by atoms with van der Waals surface area (Å²) < 4.78 is 35.7. The fourth-order valence-electron chi connectivity index (χ4n) is 3.02. The average Bonchev–Trinajstić information content (AvgIpc) is 2.93. The maximum Gasteiger partial charge on any atom is 0.283 e. The van der Waals surface area contributed by atoms with E-state index in [0.29, 0.717) is 23.6 Å². The van der Waals surface area contributed by atoms with Crippen molar-refractivity contribution in [2.24, 2.45) is 4.40 Å². The predicted molar refractivity (Wildman–Crippen MR) is 116 cm³/mol. The molecule has 7 heteroatoms. The van der Waals surface area contributed by atoms with E-state index in [1.807, 2.05) is 30.3 Å². The van der Waals surface area contributed by atoms with Crippen molar-refractivity contribution in [1.82, 2.24) is 4.90 Å². The second-order valence-electron chi connectivity index (χ2n) is 6.69. The van der Waals surface area contributed by atoms with Crippen molar-refractivity contribution in [2.45, 2.75) is 17.7 Å². The molecule has 28 heavy (non-hydrogen) atoms. The van der Waals surface area contributed by atoms with Gasteiger partial charge in [-0.2, -0.15) is 12.8 Å². The molecule has 0 radical (unpaired) electrons. The molecule has 0 atom stereocenters. The van der Waals surface area contributed by atoms with E-state index < -0.39 is 10.0 Å². The molecule has 3 rings (SSSR count). The summed E-state index contributed by atoms with van der Waals surface area (Å²) in [5.41, 5.74) is 1.85. The number of hydrogen-bond acceptors (Lipinski definition) is 4. The van der Waals surface area contributed by atoms with Gasteiger partial charge < -0.3 is 9.64 Å². The van der Waals surface area contributed by atoms with Crippen LogP contribution in [-0.4, -0.2) is 45.8 Å². The van der Waals surface area contributed by atoms with Crippen molar-refractivity contribution in [3.05, 3.63) is 70.7 Å². The lowest BCUT2D eigenvalue weighted by Crippen LogP contribution is -2.19. The summed E-state index contributed by atoms with van der Waals surface area (Å²) in [7, 11) is -1.66. The predicted octanol–water partition coefficient (Wildman–Crippen LogP) is 4.27. The number of nitrogens with zero attached hydrogens (tertiary/aromatic N) is 2. The second-order valence-corrected chi connectivity index (χ2v) is 9.17. The monoisotopic (exact) mass is 462 g/mol. The molecule has 0 spiro atoms. The molecule has 1 aliphatic heterocycles. The topological polar surface area (TPSA) is 59.0 Å². The Balaban J connectivity index is 1.67. The van der Waals surface area contributed by atoms with Crippen LogP contribution in [0.5, 0.6) is 5.75 Å². The van der Waals surface area contributed by atoms with Crippen molar-refractivity contribution >= 4 is 31.7 Å². The highest BCUT2D eigenvalue weighted by Gasteiger charge is 2.30. The molecule has 5 nitrogen and oxygen atoms in total. The number of unbranched alkanes of at least 4 members (excludes halogenated alkanes) is 1. The zero-order chi connectivity index (χ0) is 20.1. The third-order valence-electron chi connectivity index (χ3n) is 4.46. The number of sulfonamides is 1. The molecule has 1 heterocycles. The summed E-state index contributed by atoms with van der Waals surface area (Å²) in [5, 5.41) is 0. The largest absolute Gasteiger partial charge is 0.494 e. The molecule has 0 aliphatic carbocycles. The fraction of sp³-hybridized carbons (Fsp3) is 0.286. The number of benzene rings is 2. The summed E-state index contributed by atoms with van der Waals surface area (Å²) in [5.74, 6) is 0.550.